The fourth-order valence-corrected chi connectivity index (χ4v) is 5.41. The highest BCUT2D eigenvalue weighted by Crippen LogP contribution is 2.22. The molecule has 0 aliphatic rings. The Balaban J connectivity index is 2.22. The molecule has 0 spiro atoms. The number of nitrogens with zero attached hydrogens (tertiary/aromatic N) is 2. The number of ether oxygens (including phenoxy) is 1. The van der Waals surface area contributed by atoms with E-state index in [0.717, 1.165) is 11.3 Å². The Morgan fingerprint density at radius 2 is 1.79 bits per heavy atom. The average molecular weight is 440 g/mol. The number of thiazole rings is 1. The summed E-state index contributed by atoms with van der Waals surface area (Å²) < 4.78 is 59.7. The smallest absolute Gasteiger partial charge is 0.285 e. The number of hydrogen-bond acceptors (Lipinski definition) is 6. The average Bonchev–Trinajstić information content (AvgIpc) is 2.97. The van der Waals surface area contributed by atoms with Crippen molar-refractivity contribution in [1.82, 2.24) is 4.57 Å². The number of primary sulfonamides is 1. The lowest BCUT2D eigenvalue weighted by atomic mass is 10.3. The molecule has 1 heterocycles. The molecule has 8 nitrogen and oxygen atoms in total. The van der Waals surface area contributed by atoms with E-state index in [0.29, 0.717) is 22.5 Å². The van der Waals surface area contributed by atoms with E-state index in [4.69, 9.17) is 9.88 Å². The molecule has 0 radical (unpaired) electrons. The van der Waals surface area contributed by atoms with E-state index >= 15 is 0 Å². The molecule has 3 aromatic rings. The van der Waals surface area contributed by atoms with Crippen LogP contribution in [0.5, 0.6) is 5.75 Å². The van der Waals surface area contributed by atoms with Crippen LogP contribution in [0.1, 0.15) is 0 Å². The van der Waals surface area contributed by atoms with Gasteiger partial charge in [-0.25, -0.2) is 13.6 Å². The molecule has 148 valence electrons. The molecule has 0 aliphatic carbocycles. The monoisotopic (exact) mass is 439 g/mol. The standard InChI is InChI=1S/C17H17N3O5S3/c1-3-10-20-15-9-8-14(27(18,21)22)11-16(15)26-17(20)19-28(23,24)13-6-4-12(25-2)5-7-13/h3-9,11H,1,10H2,2H3,(H2,18,21,22). The highest BCUT2D eigenvalue weighted by atomic mass is 32.2. The van der Waals surface area contributed by atoms with Crippen LogP contribution in [0.25, 0.3) is 10.2 Å². The number of methoxy groups -OCH3 is 1. The van der Waals surface area contributed by atoms with E-state index in [-0.39, 0.29) is 14.6 Å². The fourth-order valence-electron chi connectivity index (χ4n) is 2.51. The Morgan fingerprint density at radius 3 is 2.36 bits per heavy atom. The van der Waals surface area contributed by atoms with Gasteiger partial charge >= 0.3 is 0 Å². The Kier molecular flexibility index (Phi) is 5.44. The van der Waals surface area contributed by atoms with E-state index in [9.17, 15) is 16.8 Å². The van der Waals surface area contributed by atoms with Gasteiger partial charge in [0.05, 0.1) is 27.1 Å². The molecule has 0 unspecified atom stereocenters. The first-order chi connectivity index (χ1) is 13.2. The van der Waals surface area contributed by atoms with Crippen molar-refractivity contribution in [3.8, 4) is 5.75 Å². The Labute approximate surface area is 166 Å². The quantitative estimate of drug-likeness (QED) is 0.588. The van der Waals surface area contributed by atoms with Crippen molar-refractivity contribution in [2.45, 2.75) is 16.3 Å². The fraction of sp³-hybridized carbons (Fsp3) is 0.118. The molecule has 0 saturated heterocycles. The van der Waals surface area contributed by atoms with Crippen LogP contribution >= 0.6 is 11.3 Å². The molecule has 2 N–H and O–H groups in total. The number of nitrogens with two attached hydrogens (primary N) is 1. The number of benzene rings is 2. The van der Waals surface area contributed by atoms with Crippen molar-refractivity contribution in [3.05, 3.63) is 59.9 Å². The van der Waals surface area contributed by atoms with E-state index < -0.39 is 20.0 Å². The van der Waals surface area contributed by atoms with Crippen molar-refractivity contribution >= 4 is 41.6 Å². The maximum Gasteiger partial charge on any atom is 0.285 e. The maximum absolute atomic E-state index is 12.7. The van der Waals surface area contributed by atoms with Gasteiger partial charge in [0.2, 0.25) is 14.8 Å². The zero-order chi connectivity index (χ0) is 20.5. The SMILES string of the molecule is C=CCn1c(=NS(=O)(=O)c2ccc(OC)cc2)sc2cc(S(N)(=O)=O)ccc21. The van der Waals surface area contributed by atoms with Crippen LogP contribution < -0.4 is 14.7 Å². The molecule has 0 bridgehead atoms. The van der Waals surface area contributed by atoms with Gasteiger partial charge in [-0.2, -0.15) is 8.42 Å². The van der Waals surface area contributed by atoms with Gasteiger partial charge in [-0.05, 0) is 42.5 Å². The minimum absolute atomic E-state index is 0.0149. The number of fused-ring (bicyclic) bond motifs is 1. The normalized spacial score (nSPS) is 13.0. The first kappa shape index (κ1) is 20.3. The molecule has 1 aromatic heterocycles. The third kappa shape index (κ3) is 4.02. The summed E-state index contributed by atoms with van der Waals surface area (Å²) in [6, 6.07) is 10.2. The Hall–Kier alpha value is -2.47. The molecule has 3 rings (SSSR count). The van der Waals surface area contributed by atoms with Gasteiger partial charge in [-0.3, -0.25) is 0 Å². The lowest BCUT2D eigenvalue weighted by Gasteiger charge is -2.03. The van der Waals surface area contributed by atoms with E-state index in [1.807, 2.05) is 0 Å². The van der Waals surface area contributed by atoms with Gasteiger partial charge in [-0.1, -0.05) is 17.4 Å². The zero-order valence-electron chi connectivity index (χ0n) is 14.8. The number of sulfonamides is 2. The van der Waals surface area contributed by atoms with Crippen molar-refractivity contribution < 1.29 is 21.6 Å². The van der Waals surface area contributed by atoms with Crippen molar-refractivity contribution in [3.63, 3.8) is 0 Å². The molecule has 0 aliphatic heterocycles. The van der Waals surface area contributed by atoms with Crippen molar-refractivity contribution in [2.75, 3.05) is 7.11 Å². The lowest BCUT2D eigenvalue weighted by Crippen LogP contribution is -2.16. The third-order valence-electron chi connectivity index (χ3n) is 3.85. The zero-order valence-corrected chi connectivity index (χ0v) is 17.2. The molecule has 0 saturated carbocycles. The minimum atomic E-state index is -3.98. The van der Waals surface area contributed by atoms with Gasteiger partial charge in [0.25, 0.3) is 10.0 Å². The predicted molar refractivity (Wildman–Crippen MR) is 107 cm³/mol. The molecule has 0 amide bonds. The lowest BCUT2D eigenvalue weighted by molar-refractivity contribution is 0.414. The summed E-state index contributed by atoms with van der Waals surface area (Å²) in [4.78, 5) is 0.148. The van der Waals surface area contributed by atoms with Crippen molar-refractivity contribution in [1.29, 1.82) is 0 Å². The highest BCUT2D eigenvalue weighted by Gasteiger charge is 2.16. The molecule has 0 fully saturated rings. The predicted octanol–water partition coefficient (Wildman–Crippen LogP) is 1.83. The summed E-state index contributed by atoms with van der Waals surface area (Å²) in [6.45, 7) is 3.97. The number of allylic oxidation sites excluding steroid dienone is 1. The second-order valence-corrected chi connectivity index (χ2v) is 9.87. The second kappa shape index (κ2) is 7.51. The van der Waals surface area contributed by atoms with Crippen LogP contribution in [0.3, 0.4) is 0 Å². The van der Waals surface area contributed by atoms with Gasteiger partial charge in [0.1, 0.15) is 5.75 Å². The van der Waals surface area contributed by atoms with Crippen LogP contribution in [0.2, 0.25) is 0 Å². The summed E-state index contributed by atoms with van der Waals surface area (Å²) >= 11 is 1.05. The summed E-state index contributed by atoms with van der Waals surface area (Å²) in [5, 5.41) is 5.18. The van der Waals surface area contributed by atoms with E-state index in [1.54, 1.807) is 16.7 Å². The van der Waals surface area contributed by atoms with Gasteiger partial charge < -0.3 is 9.30 Å². The molecule has 28 heavy (non-hydrogen) atoms. The van der Waals surface area contributed by atoms with Crippen LogP contribution in [0.15, 0.2) is 69.3 Å². The van der Waals surface area contributed by atoms with E-state index in [2.05, 4.69) is 11.0 Å². The first-order valence-corrected chi connectivity index (χ1v) is 11.7. The summed E-state index contributed by atoms with van der Waals surface area (Å²) in [5.74, 6) is 0.526. The number of hydrogen-bond donors (Lipinski definition) is 1. The summed E-state index contributed by atoms with van der Waals surface area (Å²) in [6.07, 6.45) is 1.60. The summed E-state index contributed by atoms with van der Waals surface area (Å²) in [7, 11) is -6.38. The third-order valence-corrected chi connectivity index (χ3v) is 7.20. The maximum atomic E-state index is 12.7. The van der Waals surface area contributed by atoms with Crippen LogP contribution in [-0.2, 0) is 26.6 Å². The number of rotatable bonds is 6. The number of aromatic nitrogens is 1. The molecular formula is C17H17N3O5S3. The largest absolute Gasteiger partial charge is 0.497 e. The molecule has 11 heteroatoms. The van der Waals surface area contributed by atoms with Crippen molar-refractivity contribution in [2.24, 2.45) is 9.54 Å². The minimum Gasteiger partial charge on any atom is -0.497 e. The van der Waals surface area contributed by atoms with Crippen LogP contribution in [0, 0.1) is 0 Å². The Morgan fingerprint density at radius 1 is 1.14 bits per heavy atom. The topological polar surface area (TPSA) is 121 Å². The first-order valence-electron chi connectivity index (χ1n) is 7.88. The molecule has 2 aromatic carbocycles. The second-order valence-electron chi connectivity index (χ2n) is 5.70. The van der Waals surface area contributed by atoms with Gasteiger partial charge in [-0.15, -0.1) is 11.0 Å². The Bertz CT molecular complexity index is 1320. The summed E-state index contributed by atoms with van der Waals surface area (Å²) in [5.41, 5.74) is 0.626. The van der Waals surface area contributed by atoms with Gasteiger partial charge in [0, 0.05) is 6.54 Å². The van der Waals surface area contributed by atoms with Crippen LogP contribution in [0.4, 0.5) is 0 Å². The van der Waals surface area contributed by atoms with Gasteiger partial charge in [0.15, 0.2) is 0 Å². The van der Waals surface area contributed by atoms with Crippen LogP contribution in [-0.4, -0.2) is 28.5 Å². The van der Waals surface area contributed by atoms with E-state index in [1.165, 1.54) is 43.5 Å². The highest BCUT2D eigenvalue weighted by molar-refractivity contribution is 7.90. The molecular weight excluding hydrogens is 422 g/mol. The molecule has 0 atom stereocenters.